The van der Waals surface area contributed by atoms with Crippen LogP contribution in [0.5, 0.6) is 0 Å². The molecule has 0 bridgehead atoms. The van der Waals surface area contributed by atoms with E-state index in [0.29, 0.717) is 18.1 Å². The third-order valence-corrected chi connectivity index (χ3v) is 3.97. The van der Waals surface area contributed by atoms with Crippen LogP contribution in [0.4, 0.5) is 0 Å². The quantitative estimate of drug-likeness (QED) is 0.688. The van der Waals surface area contributed by atoms with Gasteiger partial charge in [-0.2, -0.15) is 12.6 Å². The third-order valence-electron chi connectivity index (χ3n) is 2.33. The SMILES string of the molecule is CCOC(=O)c1nc(-c2ccccc2)sc1CS. The smallest absolute Gasteiger partial charge is 0.358 e. The Labute approximate surface area is 115 Å². The van der Waals surface area contributed by atoms with Crippen molar-refractivity contribution in [3.05, 3.63) is 40.9 Å². The van der Waals surface area contributed by atoms with Crippen LogP contribution in [0.2, 0.25) is 0 Å². The van der Waals surface area contributed by atoms with Crippen LogP contribution in [0.25, 0.3) is 10.6 Å². The van der Waals surface area contributed by atoms with E-state index in [-0.39, 0.29) is 5.97 Å². The van der Waals surface area contributed by atoms with Crippen LogP contribution in [0.15, 0.2) is 30.3 Å². The lowest BCUT2D eigenvalue weighted by atomic mass is 10.2. The van der Waals surface area contributed by atoms with Gasteiger partial charge in [-0.05, 0) is 6.92 Å². The number of benzene rings is 1. The van der Waals surface area contributed by atoms with Gasteiger partial charge in [-0.25, -0.2) is 9.78 Å². The highest BCUT2D eigenvalue weighted by Gasteiger charge is 2.18. The van der Waals surface area contributed by atoms with E-state index in [1.54, 1.807) is 6.92 Å². The van der Waals surface area contributed by atoms with Crippen molar-refractivity contribution < 1.29 is 9.53 Å². The molecule has 0 saturated carbocycles. The van der Waals surface area contributed by atoms with Crippen LogP contribution < -0.4 is 0 Å². The zero-order chi connectivity index (χ0) is 13.0. The van der Waals surface area contributed by atoms with E-state index >= 15 is 0 Å². The Balaban J connectivity index is 2.38. The Morgan fingerprint density at radius 3 is 2.72 bits per heavy atom. The fourth-order valence-corrected chi connectivity index (χ4v) is 2.78. The minimum atomic E-state index is -0.375. The summed E-state index contributed by atoms with van der Waals surface area (Å²) in [5.74, 6) is 0.110. The molecule has 2 aromatic rings. The van der Waals surface area contributed by atoms with Gasteiger partial charge in [-0.3, -0.25) is 0 Å². The van der Waals surface area contributed by atoms with Gasteiger partial charge in [0.25, 0.3) is 0 Å². The van der Waals surface area contributed by atoms with Crippen molar-refractivity contribution in [2.45, 2.75) is 12.7 Å². The minimum Gasteiger partial charge on any atom is -0.461 e. The highest BCUT2D eigenvalue weighted by atomic mass is 32.1. The van der Waals surface area contributed by atoms with Crippen LogP contribution in [0.3, 0.4) is 0 Å². The average molecular weight is 279 g/mol. The number of carbonyl (C=O) groups excluding carboxylic acids is 1. The molecule has 18 heavy (non-hydrogen) atoms. The first kappa shape index (κ1) is 13.1. The second-order valence-electron chi connectivity index (χ2n) is 3.54. The first-order valence-corrected chi connectivity index (χ1v) is 7.04. The molecule has 0 N–H and O–H groups in total. The summed E-state index contributed by atoms with van der Waals surface area (Å²) in [6, 6.07) is 9.78. The van der Waals surface area contributed by atoms with Crippen molar-refractivity contribution in [2.24, 2.45) is 0 Å². The van der Waals surface area contributed by atoms with Crippen LogP contribution in [0, 0.1) is 0 Å². The highest BCUT2D eigenvalue weighted by molar-refractivity contribution is 7.79. The molecular formula is C13H13NO2S2. The number of hydrogen-bond acceptors (Lipinski definition) is 5. The van der Waals surface area contributed by atoms with Gasteiger partial charge in [0.1, 0.15) is 5.01 Å². The molecule has 0 fully saturated rings. The molecule has 1 aromatic heterocycles. The average Bonchev–Trinajstić information content (AvgIpc) is 2.84. The first-order valence-electron chi connectivity index (χ1n) is 5.59. The van der Waals surface area contributed by atoms with Crippen molar-refractivity contribution in [1.82, 2.24) is 4.98 Å². The Kier molecular flexibility index (Phi) is 4.38. The molecule has 0 saturated heterocycles. The van der Waals surface area contributed by atoms with Gasteiger partial charge in [0, 0.05) is 16.2 Å². The standard InChI is InChI=1S/C13H13NO2S2/c1-2-16-13(15)11-10(8-17)18-12(14-11)9-6-4-3-5-7-9/h3-7,17H,2,8H2,1H3. The lowest BCUT2D eigenvalue weighted by Gasteiger charge is -1.99. The Hall–Kier alpha value is -1.33. The number of ether oxygens (including phenoxy) is 1. The molecule has 0 spiro atoms. The molecule has 0 atom stereocenters. The van der Waals surface area contributed by atoms with Gasteiger partial charge in [0.2, 0.25) is 0 Å². The molecule has 0 aliphatic heterocycles. The molecule has 5 heteroatoms. The third kappa shape index (κ3) is 2.73. The topological polar surface area (TPSA) is 39.2 Å². The van der Waals surface area contributed by atoms with Gasteiger partial charge in [-0.1, -0.05) is 30.3 Å². The second kappa shape index (κ2) is 6.02. The van der Waals surface area contributed by atoms with E-state index < -0.39 is 0 Å². The number of esters is 1. The van der Waals surface area contributed by atoms with Crippen molar-refractivity contribution in [3.8, 4) is 10.6 Å². The molecule has 0 aliphatic carbocycles. The number of thiazole rings is 1. The van der Waals surface area contributed by atoms with E-state index in [9.17, 15) is 4.79 Å². The largest absolute Gasteiger partial charge is 0.461 e. The van der Waals surface area contributed by atoms with Crippen molar-refractivity contribution in [2.75, 3.05) is 6.61 Å². The van der Waals surface area contributed by atoms with E-state index in [1.807, 2.05) is 30.3 Å². The minimum absolute atomic E-state index is 0.350. The van der Waals surface area contributed by atoms with Crippen LogP contribution >= 0.6 is 24.0 Å². The molecule has 2 rings (SSSR count). The summed E-state index contributed by atoms with van der Waals surface area (Å²) in [5, 5.41) is 0.822. The molecule has 0 unspecified atom stereocenters. The van der Waals surface area contributed by atoms with E-state index in [2.05, 4.69) is 17.6 Å². The van der Waals surface area contributed by atoms with Crippen molar-refractivity contribution in [1.29, 1.82) is 0 Å². The van der Waals surface area contributed by atoms with Gasteiger partial charge in [0.05, 0.1) is 6.61 Å². The van der Waals surface area contributed by atoms with Crippen LogP contribution in [0.1, 0.15) is 22.3 Å². The summed E-state index contributed by atoms with van der Waals surface area (Å²) in [4.78, 5) is 17.0. The fourth-order valence-electron chi connectivity index (χ4n) is 1.52. The van der Waals surface area contributed by atoms with E-state index in [0.717, 1.165) is 15.4 Å². The molecule has 94 valence electrons. The van der Waals surface area contributed by atoms with E-state index in [1.165, 1.54) is 11.3 Å². The molecular weight excluding hydrogens is 266 g/mol. The summed E-state index contributed by atoms with van der Waals surface area (Å²) in [7, 11) is 0. The summed E-state index contributed by atoms with van der Waals surface area (Å²) < 4.78 is 4.99. The second-order valence-corrected chi connectivity index (χ2v) is 4.94. The fraction of sp³-hybridized carbons (Fsp3) is 0.231. The van der Waals surface area contributed by atoms with E-state index in [4.69, 9.17) is 4.74 Å². The summed E-state index contributed by atoms with van der Waals surface area (Å²) in [6.45, 7) is 2.13. The molecule has 0 radical (unpaired) electrons. The first-order chi connectivity index (χ1) is 8.76. The van der Waals surface area contributed by atoms with Gasteiger partial charge >= 0.3 is 5.97 Å². The lowest BCUT2D eigenvalue weighted by Crippen LogP contribution is -2.07. The van der Waals surface area contributed by atoms with Gasteiger partial charge in [-0.15, -0.1) is 11.3 Å². The zero-order valence-electron chi connectivity index (χ0n) is 9.92. The number of thiol groups is 1. The normalized spacial score (nSPS) is 10.3. The zero-order valence-corrected chi connectivity index (χ0v) is 11.6. The van der Waals surface area contributed by atoms with Gasteiger partial charge in [0.15, 0.2) is 5.69 Å². The number of nitrogens with zero attached hydrogens (tertiary/aromatic N) is 1. The van der Waals surface area contributed by atoms with Crippen LogP contribution in [-0.2, 0) is 10.5 Å². The monoisotopic (exact) mass is 279 g/mol. The molecule has 0 aliphatic rings. The maximum absolute atomic E-state index is 11.8. The maximum Gasteiger partial charge on any atom is 0.358 e. The lowest BCUT2D eigenvalue weighted by molar-refractivity contribution is 0.0519. The summed E-state index contributed by atoms with van der Waals surface area (Å²) in [6.07, 6.45) is 0. The Bertz CT molecular complexity index is 537. The maximum atomic E-state index is 11.8. The Morgan fingerprint density at radius 2 is 2.11 bits per heavy atom. The number of rotatable bonds is 4. The van der Waals surface area contributed by atoms with Crippen molar-refractivity contribution in [3.63, 3.8) is 0 Å². The molecule has 3 nitrogen and oxygen atoms in total. The molecule has 0 amide bonds. The van der Waals surface area contributed by atoms with Crippen molar-refractivity contribution >= 4 is 29.9 Å². The Morgan fingerprint density at radius 1 is 1.39 bits per heavy atom. The predicted molar refractivity (Wildman–Crippen MR) is 76.2 cm³/mol. The predicted octanol–water partition coefficient (Wildman–Crippen LogP) is 3.42. The molecule has 1 aromatic carbocycles. The number of aromatic nitrogens is 1. The summed E-state index contributed by atoms with van der Waals surface area (Å²) >= 11 is 5.71. The number of carbonyl (C=O) groups is 1. The van der Waals surface area contributed by atoms with Gasteiger partial charge < -0.3 is 4.74 Å². The summed E-state index contributed by atoms with van der Waals surface area (Å²) in [5.41, 5.74) is 1.39. The highest BCUT2D eigenvalue weighted by Crippen LogP contribution is 2.29. The molecule has 1 heterocycles. The number of hydrogen-bond donors (Lipinski definition) is 1. The van der Waals surface area contributed by atoms with Crippen LogP contribution in [-0.4, -0.2) is 17.6 Å².